The number of rotatable bonds is 4. The van der Waals surface area contributed by atoms with Crippen molar-refractivity contribution < 1.29 is 14.6 Å². The Balaban J connectivity index is 1.78. The van der Waals surface area contributed by atoms with Gasteiger partial charge in [0.1, 0.15) is 0 Å². The summed E-state index contributed by atoms with van der Waals surface area (Å²) in [6.07, 6.45) is 1.71. The molecule has 4 rings (SSSR count). The van der Waals surface area contributed by atoms with Crippen LogP contribution >= 0.6 is 23.4 Å². The molecule has 0 spiro atoms. The lowest BCUT2D eigenvalue weighted by molar-refractivity contribution is -0.113. The Morgan fingerprint density at radius 1 is 1.07 bits per heavy atom. The second-order valence-corrected chi connectivity index (χ2v) is 7.79. The van der Waals surface area contributed by atoms with Gasteiger partial charge in [0.25, 0.3) is 5.91 Å². The number of aromatic hydroxyl groups is 1. The molecule has 0 atom stereocenters. The molecule has 0 saturated carbocycles. The highest BCUT2D eigenvalue weighted by molar-refractivity contribution is 8.19. The van der Waals surface area contributed by atoms with E-state index in [0.29, 0.717) is 15.6 Å². The van der Waals surface area contributed by atoms with Crippen LogP contribution in [0.3, 0.4) is 0 Å². The van der Waals surface area contributed by atoms with Gasteiger partial charge < -0.3 is 9.84 Å². The van der Waals surface area contributed by atoms with Crippen molar-refractivity contribution in [3.05, 3.63) is 88.3 Å². The van der Waals surface area contributed by atoms with Gasteiger partial charge in [-0.3, -0.25) is 9.69 Å². The number of carbonyl (C=O) groups is 1. The predicted molar refractivity (Wildman–Crippen MR) is 123 cm³/mol. The summed E-state index contributed by atoms with van der Waals surface area (Å²) < 4.78 is 5.16. The molecule has 7 heteroatoms. The number of nitrogens with zero attached hydrogens (tertiary/aromatic N) is 2. The van der Waals surface area contributed by atoms with Crippen molar-refractivity contribution in [3.8, 4) is 11.5 Å². The Kier molecular flexibility index (Phi) is 5.79. The van der Waals surface area contributed by atoms with Crippen LogP contribution in [0.4, 0.5) is 11.4 Å². The third kappa shape index (κ3) is 4.06. The van der Waals surface area contributed by atoms with E-state index >= 15 is 0 Å². The molecule has 5 nitrogen and oxygen atoms in total. The van der Waals surface area contributed by atoms with E-state index < -0.39 is 0 Å². The molecule has 0 unspecified atom stereocenters. The fraction of sp³-hybridized carbons (Fsp3) is 0.0435. The average molecular weight is 437 g/mol. The van der Waals surface area contributed by atoms with E-state index in [1.807, 2.05) is 60.7 Å². The van der Waals surface area contributed by atoms with Gasteiger partial charge in [0, 0.05) is 0 Å². The topological polar surface area (TPSA) is 62.1 Å². The van der Waals surface area contributed by atoms with Crippen LogP contribution in [0.15, 0.2) is 82.7 Å². The highest BCUT2D eigenvalue weighted by Gasteiger charge is 2.34. The number of benzene rings is 3. The molecule has 0 aromatic heterocycles. The zero-order chi connectivity index (χ0) is 21.1. The Hall–Kier alpha value is -3.22. The molecule has 1 aliphatic heterocycles. The van der Waals surface area contributed by atoms with Gasteiger partial charge in [-0.05, 0) is 59.8 Å². The van der Waals surface area contributed by atoms with E-state index in [-0.39, 0.29) is 22.4 Å². The van der Waals surface area contributed by atoms with Gasteiger partial charge in [0.05, 0.1) is 28.4 Å². The summed E-state index contributed by atoms with van der Waals surface area (Å²) in [6, 6.07) is 22.1. The summed E-state index contributed by atoms with van der Waals surface area (Å²) in [7, 11) is 1.44. The molecular weight excluding hydrogens is 420 g/mol. The molecule has 0 bridgehead atoms. The van der Waals surface area contributed by atoms with Crippen LogP contribution in [0, 0.1) is 0 Å². The number of amidine groups is 1. The van der Waals surface area contributed by atoms with Crippen LogP contribution < -0.4 is 9.64 Å². The number of carbonyl (C=O) groups excluding carboxylic acids is 1. The molecule has 1 N–H and O–H groups in total. The van der Waals surface area contributed by atoms with Gasteiger partial charge in [-0.2, -0.15) is 0 Å². The number of hydrogen-bond acceptors (Lipinski definition) is 5. The van der Waals surface area contributed by atoms with Gasteiger partial charge in [0.2, 0.25) is 0 Å². The van der Waals surface area contributed by atoms with E-state index in [9.17, 15) is 9.90 Å². The summed E-state index contributed by atoms with van der Waals surface area (Å²) in [5.41, 5.74) is 2.12. The molecule has 3 aromatic carbocycles. The number of para-hydroxylation sites is 2. The lowest BCUT2D eigenvalue weighted by atomic mass is 10.1. The quantitative estimate of drug-likeness (QED) is 0.520. The second-order valence-electron chi connectivity index (χ2n) is 6.37. The average Bonchev–Trinajstić information content (AvgIpc) is 3.06. The SMILES string of the molecule is COc1cc(C=C2SC(=Nc3ccccc3)N(c3ccccc3)C2=O)cc(Cl)c1O. The Labute approximate surface area is 183 Å². The van der Waals surface area contributed by atoms with Crippen molar-refractivity contribution in [2.75, 3.05) is 12.0 Å². The number of methoxy groups -OCH3 is 1. The molecule has 0 radical (unpaired) electrons. The molecule has 1 fully saturated rings. The molecule has 150 valence electrons. The number of halogens is 1. The molecule has 3 aromatic rings. The van der Waals surface area contributed by atoms with Crippen LogP contribution in [0.25, 0.3) is 6.08 Å². The summed E-state index contributed by atoms with van der Waals surface area (Å²) in [5, 5.41) is 10.7. The van der Waals surface area contributed by atoms with Gasteiger partial charge >= 0.3 is 0 Å². The zero-order valence-electron chi connectivity index (χ0n) is 15.9. The maximum absolute atomic E-state index is 13.3. The van der Waals surface area contributed by atoms with E-state index in [2.05, 4.69) is 4.99 Å². The largest absolute Gasteiger partial charge is 0.503 e. The third-order valence-corrected chi connectivity index (χ3v) is 5.63. The second kappa shape index (κ2) is 8.65. The first-order valence-corrected chi connectivity index (χ1v) is 10.3. The van der Waals surface area contributed by atoms with Crippen molar-refractivity contribution in [1.82, 2.24) is 0 Å². The van der Waals surface area contributed by atoms with E-state index in [1.54, 1.807) is 23.1 Å². The number of aliphatic imine (C=N–C) groups is 1. The Morgan fingerprint density at radius 3 is 2.40 bits per heavy atom. The number of amides is 1. The van der Waals surface area contributed by atoms with E-state index in [1.165, 1.54) is 18.9 Å². The van der Waals surface area contributed by atoms with Crippen molar-refractivity contribution in [2.45, 2.75) is 0 Å². The maximum Gasteiger partial charge on any atom is 0.271 e. The fourth-order valence-electron chi connectivity index (χ4n) is 2.95. The molecule has 1 amide bonds. The van der Waals surface area contributed by atoms with Crippen LogP contribution in [0.2, 0.25) is 5.02 Å². The van der Waals surface area contributed by atoms with Crippen molar-refractivity contribution in [1.29, 1.82) is 0 Å². The van der Waals surface area contributed by atoms with Gasteiger partial charge in [-0.15, -0.1) is 0 Å². The molecular formula is C23H17ClN2O3S. The van der Waals surface area contributed by atoms with Crippen LogP contribution in [-0.4, -0.2) is 23.3 Å². The highest BCUT2D eigenvalue weighted by atomic mass is 35.5. The number of hydrogen-bond donors (Lipinski definition) is 1. The Morgan fingerprint density at radius 2 is 1.73 bits per heavy atom. The smallest absolute Gasteiger partial charge is 0.271 e. The zero-order valence-corrected chi connectivity index (χ0v) is 17.5. The Bertz CT molecular complexity index is 1150. The molecule has 1 heterocycles. The highest BCUT2D eigenvalue weighted by Crippen LogP contribution is 2.39. The summed E-state index contributed by atoms with van der Waals surface area (Å²) in [6.45, 7) is 0. The first-order chi connectivity index (χ1) is 14.6. The standard InChI is InChI=1S/C23H17ClN2O3S/c1-29-19-13-15(12-18(24)21(19)27)14-20-22(28)26(17-10-6-3-7-11-17)23(30-20)25-16-8-4-2-5-9-16/h2-14,27H,1H3. The number of anilines is 1. The van der Waals surface area contributed by atoms with Crippen LogP contribution in [0.5, 0.6) is 11.5 Å². The normalized spacial score (nSPS) is 16.5. The number of phenolic OH excluding ortho intramolecular Hbond substituents is 1. The number of thioether (sulfide) groups is 1. The molecule has 1 saturated heterocycles. The van der Waals surface area contributed by atoms with Gasteiger partial charge in [-0.25, -0.2) is 4.99 Å². The van der Waals surface area contributed by atoms with Gasteiger partial charge in [-0.1, -0.05) is 48.0 Å². The molecule has 0 aliphatic carbocycles. The maximum atomic E-state index is 13.3. The van der Waals surface area contributed by atoms with Crippen molar-refractivity contribution in [2.24, 2.45) is 4.99 Å². The van der Waals surface area contributed by atoms with Crippen LogP contribution in [0.1, 0.15) is 5.56 Å². The van der Waals surface area contributed by atoms with Crippen molar-refractivity contribution >= 4 is 51.9 Å². The van der Waals surface area contributed by atoms with Crippen molar-refractivity contribution in [3.63, 3.8) is 0 Å². The third-order valence-electron chi connectivity index (χ3n) is 4.37. The molecule has 30 heavy (non-hydrogen) atoms. The summed E-state index contributed by atoms with van der Waals surface area (Å²) in [4.78, 5) is 20.0. The first-order valence-electron chi connectivity index (χ1n) is 9.06. The molecule has 1 aliphatic rings. The number of phenols is 1. The van der Waals surface area contributed by atoms with E-state index in [4.69, 9.17) is 16.3 Å². The minimum atomic E-state index is -0.191. The summed E-state index contributed by atoms with van der Waals surface area (Å²) in [5.74, 6) is -0.0871. The first kappa shape index (κ1) is 20.1. The lowest BCUT2D eigenvalue weighted by Gasteiger charge is -2.15. The van der Waals surface area contributed by atoms with E-state index in [0.717, 1.165) is 11.4 Å². The minimum absolute atomic E-state index is 0.135. The summed E-state index contributed by atoms with van der Waals surface area (Å²) >= 11 is 7.37. The van der Waals surface area contributed by atoms with Crippen LogP contribution in [-0.2, 0) is 4.79 Å². The van der Waals surface area contributed by atoms with Gasteiger partial charge in [0.15, 0.2) is 16.7 Å². The minimum Gasteiger partial charge on any atom is -0.503 e. The monoisotopic (exact) mass is 436 g/mol. The fourth-order valence-corrected chi connectivity index (χ4v) is 4.17. The lowest BCUT2D eigenvalue weighted by Crippen LogP contribution is -2.28. The number of ether oxygens (including phenoxy) is 1. The predicted octanol–water partition coefficient (Wildman–Crippen LogP) is 5.86.